The molecule has 2 fully saturated rings. The van der Waals surface area contributed by atoms with Gasteiger partial charge < -0.3 is 4.90 Å². The Balaban J connectivity index is 1.83. The zero-order valence-corrected chi connectivity index (χ0v) is 11.7. The number of carbonyl (C=O) groups is 1. The smallest absolute Gasteiger partial charge is 0.137 e. The van der Waals surface area contributed by atoms with Gasteiger partial charge in [0.1, 0.15) is 5.78 Å². The van der Waals surface area contributed by atoms with E-state index in [4.69, 9.17) is 0 Å². The summed E-state index contributed by atoms with van der Waals surface area (Å²) in [7, 11) is 0. The van der Waals surface area contributed by atoms with Crippen LogP contribution in [0.5, 0.6) is 0 Å². The SMILES string of the molecule is CC(C)(C)C1CCN(CC2CCCCC2=O)C1. The highest BCUT2D eigenvalue weighted by Gasteiger charge is 2.33. The van der Waals surface area contributed by atoms with Crippen molar-refractivity contribution < 1.29 is 4.79 Å². The molecule has 0 radical (unpaired) electrons. The molecule has 0 spiro atoms. The first-order chi connectivity index (χ1) is 7.97. The van der Waals surface area contributed by atoms with Crippen molar-refractivity contribution in [2.24, 2.45) is 17.3 Å². The number of Topliss-reactive ketones (excluding diaryl/α,β-unsaturated/α-hetero) is 1. The van der Waals surface area contributed by atoms with Gasteiger partial charge in [-0.3, -0.25) is 4.79 Å². The molecule has 17 heavy (non-hydrogen) atoms. The molecule has 2 nitrogen and oxygen atoms in total. The lowest BCUT2D eigenvalue weighted by Gasteiger charge is -2.29. The number of nitrogens with zero attached hydrogens (tertiary/aromatic N) is 1. The molecule has 1 saturated heterocycles. The van der Waals surface area contributed by atoms with Crippen LogP contribution in [0.25, 0.3) is 0 Å². The summed E-state index contributed by atoms with van der Waals surface area (Å²) in [5.74, 6) is 1.68. The fourth-order valence-electron chi connectivity index (χ4n) is 3.27. The summed E-state index contributed by atoms with van der Waals surface area (Å²) in [5, 5.41) is 0. The van der Waals surface area contributed by atoms with E-state index in [9.17, 15) is 4.79 Å². The zero-order valence-electron chi connectivity index (χ0n) is 11.7. The monoisotopic (exact) mass is 237 g/mol. The van der Waals surface area contributed by atoms with Crippen molar-refractivity contribution in [1.82, 2.24) is 4.90 Å². The predicted molar refractivity (Wildman–Crippen MR) is 71.0 cm³/mol. The van der Waals surface area contributed by atoms with E-state index in [2.05, 4.69) is 25.7 Å². The molecule has 1 saturated carbocycles. The Morgan fingerprint density at radius 3 is 2.59 bits per heavy atom. The predicted octanol–water partition coefficient (Wildman–Crippen LogP) is 3.11. The molecule has 1 aliphatic heterocycles. The first kappa shape index (κ1) is 13.1. The van der Waals surface area contributed by atoms with Gasteiger partial charge in [0.25, 0.3) is 0 Å². The van der Waals surface area contributed by atoms with E-state index in [1.165, 1.54) is 25.9 Å². The number of hydrogen-bond donors (Lipinski definition) is 0. The third-order valence-electron chi connectivity index (χ3n) is 4.66. The number of rotatable bonds is 2. The average molecular weight is 237 g/mol. The van der Waals surface area contributed by atoms with Crippen molar-refractivity contribution in [1.29, 1.82) is 0 Å². The quantitative estimate of drug-likeness (QED) is 0.735. The van der Waals surface area contributed by atoms with E-state index in [0.717, 1.165) is 31.7 Å². The van der Waals surface area contributed by atoms with Crippen LogP contribution in [0.1, 0.15) is 52.9 Å². The fourth-order valence-corrected chi connectivity index (χ4v) is 3.27. The van der Waals surface area contributed by atoms with Gasteiger partial charge in [-0.05, 0) is 37.1 Å². The summed E-state index contributed by atoms with van der Waals surface area (Å²) >= 11 is 0. The number of carbonyl (C=O) groups excluding carboxylic acids is 1. The van der Waals surface area contributed by atoms with Crippen molar-refractivity contribution in [2.45, 2.75) is 52.9 Å². The van der Waals surface area contributed by atoms with E-state index >= 15 is 0 Å². The van der Waals surface area contributed by atoms with E-state index in [-0.39, 0.29) is 0 Å². The van der Waals surface area contributed by atoms with Crippen LogP contribution in [-0.4, -0.2) is 30.3 Å². The number of hydrogen-bond acceptors (Lipinski definition) is 2. The van der Waals surface area contributed by atoms with Crippen LogP contribution in [0.4, 0.5) is 0 Å². The zero-order chi connectivity index (χ0) is 12.5. The van der Waals surface area contributed by atoms with Crippen molar-refractivity contribution >= 4 is 5.78 Å². The maximum absolute atomic E-state index is 11.8. The van der Waals surface area contributed by atoms with Crippen LogP contribution < -0.4 is 0 Å². The Labute approximate surface area is 106 Å². The minimum absolute atomic E-state index is 0.350. The van der Waals surface area contributed by atoms with Crippen LogP contribution in [-0.2, 0) is 4.79 Å². The van der Waals surface area contributed by atoms with E-state index in [1.807, 2.05) is 0 Å². The molecular formula is C15H27NO. The highest BCUT2D eigenvalue weighted by molar-refractivity contribution is 5.81. The number of ketones is 1. The van der Waals surface area contributed by atoms with Crippen molar-refractivity contribution in [3.05, 3.63) is 0 Å². The Morgan fingerprint density at radius 1 is 1.24 bits per heavy atom. The Bertz CT molecular complexity index is 279. The van der Waals surface area contributed by atoms with Gasteiger partial charge in [0.15, 0.2) is 0 Å². The van der Waals surface area contributed by atoms with Gasteiger partial charge in [-0.1, -0.05) is 27.2 Å². The molecule has 1 heterocycles. The van der Waals surface area contributed by atoms with Gasteiger partial charge >= 0.3 is 0 Å². The Hall–Kier alpha value is -0.370. The van der Waals surface area contributed by atoms with Crippen molar-refractivity contribution in [2.75, 3.05) is 19.6 Å². The summed E-state index contributed by atoms with van der Waals surface area (Å²) in [6, 6.07) is 0. The van der Waals surface area contributed by atoms with Crippen molar-refractivity contribution in [3.8, 4) is 0 Å². The molecular weight excluding hydrogens is 210 g/mol. The molecule has 98 valence electrons. The molecule has 2 unspecified atom stereocenters. The van der Waals surface area contributed by atoms with Gasteiger partial charge in [0, 0.05) is 25.4 Å². The maximum Gasteiger partial charge on any atom is 0.137 e. The van der Waals surface area contributed by atoms with Crippen molar-refractivity contribution in [3.63, 3.8) is 0 Å². The lowest BCUT2D eigenvalue weighted by Crippen LogP contribution is -2.34. The summed E-state index contributed by atoms with van der Waals surface area (Å²) in [6.07, 6.45) is 5.66. The summed E-state index contributed by atoms with van der Waals surface area (Å²) < 4.78 is 0. The lowest BCUT2D eigenvalue weighted by molar-refractivity contribution is -0.125. The van der Waals surface area contributed by atoms with Crippen LogP contribution in [0.2, 0.25) is 0 Å². The molecule has 0 N–H and O–H groups in total. The standard InChI is InChI=1S/C15H27NO/c1-15(2,3)13-8-9-16(11-13)10-12-6-4-5-7-14(12)17/h12-13H,4-11H2,1-3H3. The molecule has 2 rings (SSSR count). The fraction of sp³-hybridized carbons (Fsp3) is 0.933. The number of likely N-dealkylation sites (tertiary alicyclic amines) is 1. The van der Waals surface area contributed by atoms with Crippen LogP contribution in [0.15, 0.2) is 0 Å². The Kier molecular flexibility index (Phi) is 3.92. The minimum atomic E-state index is 0.350. The highest BCUT2D eigenvalue weighted by Crippen LogP contribution is 2.34. The third-order valence-corrected chi connectivity index (χ3v) is 4.66. The first-order valence-electron chi connectivity index (χ1n) is 7.22. The van der Waals surface area contributed by atoms with Gasteiger partial charge in [0.05, 0.1) is 0 Å². The molecule has 0 aromatic rings. The summed E-state index contributed by atoms with van der Waals surface area (Å²) in [5.41, 5.74) is 0.422. The topological polar surface area (TPSA) is 20.3 Å². The second-order valence-corrected chi connectivity index (χ2v) is 7.02. The van der Waals surface area contributed by atoms with E-state index < -0.39 is 0 Å². The second kappa shape index (κ2) is 5.09. The van der Waals surface area contributed by atoms with Gasteiger partial charge in [-0.15, -0.1) is 0 Å². The summed E-state index contributed by atoms with van der Waals surface area (Å²) in [6.45, 7) is 10.5. The van der Waals surface area contributed by atoms with E-state index in [1.54, 1.807) is 0 Å². The Morgan fingerprint density at radius 2 is 2.00 bits per heavy atom. The molecule has 2 atom stereocenters. The molecule has 0 amide bonds. The van der Waals surface area contributed by atoms with E-state index in [0.29, 0.717) is 17.1 Å². The maximum atomic E-state index is 11.8. The normalized spacial score (nSPS) is 32.1. The third kappa shape index (κ3) is 3.31. The average Bonchev–Trinajstić information content (AvgIpc) is 2.69. The van der Waals surface area contributed by atoms with Crippen LogP contribution >= 0.6 is 0 Å². The van der Waals surface area contributed by atoms with Gasteiger partial charge in [-0.25, -0.2) is 0 Å². The summed E-state index contributed by atoms with van der Waals surface area (Å²) in [4.78, 5) is 14.4. The van der Waals surface area contributed by atoms with Gasteiger partial charge in [0.2, 0.25) is 0 Å². The van der Waals surface area contributed by atoms with Gasteiger partial charge in [-0.2, -0.15) is 0 Å². The molecule has 0 aromatic heterocycles. The second-order valence-electron chi connectivity index (χ2n) is 7.02. The molecule has 1 aliphatic carbocycles. The largest absolute Gasteiger partial charge is 0.302 e. The first-order valence-corrected chi connectivity index (χ1v) is 7.22. The van der Waals surface area contributed by atoms with Crippen LogP contribution in [0, 0.1) is 17.3 Å². The lowest BCUT2D eigenvalue weighted by atomic mass is 9.80. The molecule has 0 bridgehead atoms. The molecule has 2 aliphatic rings. The molecule has 0 aromatic carbocycles. The van der Waals surface area contributed by atoms with Crippen LogP contribution in [0.3, 0.4) is 0 Å². The minimum Gasteiger partial charge on any atom is -0.302 e. The highest BCUT2D eigenvalue weighted by atomic mass is 16.1. The molecule has 2 heteroatoms.